The molecule has 1 rings (SSSR count). The standard InChI is InChI=1S/C11H13Cl2NO2/c1-7(16)14(2)11(6-15)9-4-3-8(12)5-10(9)13/h3-5,11,15H,6H2,1-2H3. The highest BCUT2D eigenvalue weighted by Crippen LogP contribution is 2.29. The van der Waals surface area contributed by atoms with Crippen molar-refractivity contribution in [3.05, 3.63) is 33.8 Å². The Bertz CT molecular complexity index is 396. The van der Waals surface area contributed by atoms with E-state index in [0.717, 1.165) is 0 Å². The molecule has 0 fully saturated rings. The van der Waals surface area contributed by atoms with E-state index in [4.69, 9.17) is 23.2 Å². The van der Waals surface area contributed by atoms with E-state index in [0.29, 0.717) is 15.6 Å². The molecule has 0 aliphatic heterocycles. The first-order valence-corrected chi connectivity index (χ1v) is 5.52. The highest BCUT2D eigenvalue weighted by molar-refractivity contribution is 6.35. The van der Waals surface area contributed by atoms with Gasteiger partial charge in [-0.25, -0.2) is 0 Å². The van der Waals surface area contributed by atoms with Gasteiger partial charge >= 0.3 is 0 Å². The molecule has 1 aromatic carbocycles. The van der Waals surface area contributed by atoms with Gasteiger partial charge in [0.2, 0.25) is 5.91 Å². The van der Waals surface area contributed by atoms with Crippen molar-refractivity contribution in [2.24, 2.45) is 0 Å². The molecule has 1 aromatic rings. The summed E-state index contributed by atoms with van der Waals surface area (Å²) < 4.78 is 0. The summed E-state index contributed by atoms with van der Waals surface area (Å²) in [7, 11) is 1.62. The Morgan fingerprint density at radius 3 is 2.56 bits per heavy atom. The second-order valence-corrected chi connectivity index (χ2v) is 4.34. The Hall–Kier alpha value is -0.770. The average molecular weight is 262 g/mol. The van der Waals surface area contributed by atoms with Gasteiger partial charge in [-0.3, -0.25) is 4.79 Å². The minimum Gasteiger partial charge on any atom is -0.394 e. The Morgan fingerprint density at radius 2 is 2.12 bits per heavy atom. The number of halogens is 2. The van der Waals surface area contributed by atoms with Gasteiger partial charge in [0.25, 0.3) is 0 Å². The lowest BCUT2D eigenvalue weighted by Crippen LogP contribution is -2.31. The van der Waals surface area contributed by atoms with Gasteiger partial charge in [0, 0.05) is 24.0 Å². The van der Waals surface area contributed by atoms with E-state index >= 15 is 0 Å². The SMILES string of the molecule is CC(=O)N(C)C(CO)c1ccc(Cl)cc1Cl. The molecule has 1 amide bonds. The predicted molar refractivity (Wildman–Crippen MR) is 64.7 cm³/mol. The quantitative estimate of drug-likeness (QED) is 0.909. The number of benzene rings is 1. The molecule has 3 nitrogen and oxygen atoms in total. The molecule has 5 heteroatoms. The molecule has 0 bridgehead atoms. The molecule has 0 aliphatic carbocycles. The van der Waals surface area contributed by atoms with E-state index < -0.39 is 6.04 Å². The number of hydrogen-bond acceptors (Lipinski definition) is 2. The monoisotopic (exact) mass is 261 g/mol. The highest BCUT2D eigenvalue weighted by Gasteiger charge is 2.20. The topological polar surface area (TPSA) is 40.5 Å². The van der Waals surface area contributed by atoms with Crippen molar-refractivity contribution < 1.29 is 9.90 Å². The second-order valence-electron chi connectivity index (χ2n) is 3.49. The van der Waals surface area contributed by atoms with Gasteiger partial charge in [0.05, 0.1) is 12.6 Å². The molecule has 0 radical (unpaired) electrons. The van der Waals surface area contributed by atoms with Crippen molar-refractivity contribution in [2.45, 2.75) is 13.0 Å². The Kier molecular flexibility index (Phi) is 4.59. The van der Waals surface area contributed by atoms with Crippen LogP contribution in [0, 0.1) is 0 Å². The first-order valence-electron chi connectivity index (χ1n) is 4.76. The van der Waals surface area contributed by atoms with E-state index in [-0.39, 0.29) is 12.5 Å². The Morgan fingerprint density at radius 1 is 1.50 bits per heavy atom. The lowest BCUT2D eigenvalue weighted by Gasteiger charge is -2.26. The third-order valence-corrected chi connectivity index (χ3v) is 3.02. The molecule has 88 valence electrons. The summed E-state index contributed by atoms with van der Waals surface area (Å²) >= 11 is 11.8. The predicted octanol–water partition coefficient (Wildman–Crippen LogP) is 2.51. The zero-order valence-corrected chi connectivity index (χ0v) is 10.6. The average Bonchev–Trinajstić information content (AvgIpc) is 2.21. The van der Waals surface area contributed by atoms with Crippen LogP contribution in [-0.4, -0.2) is 29.6 Å². The van der Waals surface area contributed by atoms with Gasteiger partial charge in [0.1, 0.15) is 0 Å². The first-order chi connectivity index (χ1) is 7.47. The summed E-state index contributed by atoms with van der Waals surface area (Å²) in [5.74, 6) is -0.134. The van der Waals surface area contributed by atoms with Crippen LogP contribution < -0.4 is 0 Å². The molecule has 1 unspecified atom stereocenters. The van der Waals surface area contributed by atoms with Gasteiger partial charge in [-0.05, 0) is 17.7 Å². The van der Waals surface area contributed by atoms with E-state index in [1.165, 1.54) is 11.8 Å². The van der Waals surface area contributed by atoms with Crippen LogP contribution in [0.3, 0.4) is 0 Å². The summed E-state index contributed by atoms with van der Waals surface area (Å²) in [6, 6.07) is 4.54. The maximum Gasteiger partial charge on any atom is 0.219 e. The zero-order valence-electron chi connectivity index (χ0n) is 9.08. The van der Waals surface area contributed by atoms with Crippen LogP contribution in [-0.2, 0) is 4.79 Å². The van der Waals surface area contributed by atoms with Crippen molar-refractivity contribution in [1.82, 2.24) is 4.90 Å². The Balaban J connectivity index is 3.08. The van der Waals surface area contributed by atoms with E-state index in [1.807, 2.05) is 0 Å². The third kappa shape index (κ3) is 2.88. The summed E-state index contributed by atoms with van der Waals surface area (Å²) in [6.45, 7) is 1.25. The van der Waals surface area contributed by atoms with Gasteiger partial charge in [0.15, 0.2) is 0 Å². The second kappa shape index (κ2) is 5.53. The highest BCUT2D eigenvalue weighted by atomic mass is 35.5. The third-order valence-electron chi connectivity index (χ3n) is 2.46. The fourth-order valence-electron chi connectivity index (χ4n) is 1.42. The summed E-state index contributed by atoms with van der Waals surface area (Å²) in [5.41, 5.74) is 0.686. The number of aliphatic hydroxyl groups is 1. The van der Waals surface area contributed by atoms with Crippen molar-refractivity contribution >= 4 is 29.1 Å². The molecular formula is C11H13Cl2NO2. The van der Waals surface area contributed by atoms with E-state index in [2.05, 4.69) is 0 Å². The minimum absolute atomic E-state index is 0.134. The maximum atomic E-state index is 11.2. The molecule has 1 atom stereocenters. The molecule has 16 heavy (non-hydrogen) atoms. The summed E-state index contributed by atoms with van der Waals surface area (Å²) in [6.07, 6.45) is 0. The number of amides is 1. The van der Waals surface area contributed by atoms with E-state index in [9.17, 15) is 9.90 Å². The molecule has 0 aliphatic rings. The molecule has 0 aromatic heterocycles. The van der Waals surface area contributed by atoms with Crippen LogP contribution in [0.2, 0.25) is 10.0 Å². The number of rotatable bonds is 3. The van der Waals surface area contributed by atoms with Gasteiger partial charge < -0.3 is 10.0 Å². The van der Waals surface area contributed by atoms with Crippen molar-refractivity contribution in [3.63, 3.8) is 0 Å². The summed E-state index contributed by atoms with van der Waals surface area (Å²) in [4.78, 5) is 12.7. The zero-order chi connectivity index (χ0) is 12.3. The molecular weight excluding hydrogens is 249 g/mol. The first kappa shape index (κ1) is 13.3. The fraction of sp³-hybridized carbons (Fsp3) is 0.364. The van der Waals surface area contributed by atoms with Crippen LogP contribution in [0.4, 0.5) is 0 Å². The minimum atomic E-state index is -0.442. The fourth-order valence-corrected chi connectivity index (χ4v) is 1.96. The molecule has 1 N–H and O–H groups in total. The smallest absolute Gasteiger partial charge is 0.219 e. The molecule has 0 spiro atoms. The van der Waals surface area contributed by atoms with Crippen molar-refractivity contribution in [3.8, 4) is 0 Å². The largest absolute Gasteiger partial charge is 0.394 e. The van der Waals surface area contributed by atoms with Gasteiger partial charge in [-0.1, -0.05) is 29.3 Å². The normalized spacial score (nSPS) is 12.3. The Labute approximate surface area is 105 Å². The number of nitrogens with zero attached hydrogens (tertiary/aromatic N) is 1. The molecule has 0 saturated carbocycles. The van der Waals surface area contributed by atoms with Gasteiger partial charge in [-0.2, -0.15) is 0 Å². The van der Waals surface area contributed by atoms with Crippen LogP contribution in [0.25, 0.3) is 0 Å². The van der Waals surface area contributed by atoms with Crippen LogP contribution in [0.15, 0.2) is 18.2 Å². The van der Waals surface area contributed by atoms with E-state index in [1.54, 1.807) is 25.2 Å². The number of carbonyl (C=O) groups is 1. The lowest BCUT2D eigenvalue weighted by atomic mass is 10.1. The molecule has 0 heterocycles. The van der Waals surface area contributed by atoms with Gasteiger partial charge in [-0.15, -0.1) is 0 Å². The van der Waals surface area contributed by atoms with Crippen LogP contribution in [0.5, 0.6) is 0 Å². The number of carbonyl (C=O) groups excluding carboxylic acids is 1. The number of likely N-dealkylation sites (N-methyl/N-ethyl adjacent to an activating group) is 1. The van der Waals surface area contributed by atoms with Crippen LogP contribution >= 0.6 is 23.2 Å². The van der Waals surface area contributed by atoms with Crippen LogP contribution in [0.1, 0.15) is 18.5 Å². The molecule has 0 saturated heterocycles. The number of aliphatic hydroxyl groups excluding tert-OH is 1. The summed E-state index contributed by atoms with van der Waals surface area (Å²) in [5, 5.41) is 10.3. The lowest BCUT2D eigenvalue weighted by molar-refractivity contribution is -0.130. The number of hydrogen-bond donors (Lipinski definition) is 1. The maximum absolute atomic E-state index is 11.2. The van der Waals surface area contributed by atoms with Crippen molar-refractivity contribution in [2.75, 3.05) is 13.7 Å². The van der Waals surface area contributed by atoms with Crippen molar-refractivity contribution in [1.29, 1.82) is 0 Å².